The molecule has 1 atom stereocenters. The molecule has 1 saturated heterocycles. The summed E-state index contributed by atoms with van der Waals surface area (Å²) in [5.74, 6) is -0.0449. The van der Waals surface area contributed by atoms with E-state index in [2.05, 4.69) is 10.6 Å². The van der Waals surface area contributed by atoms with Crippen molar-refractivity contribution in [1.29, 1.82) is 0 Å². The standard InChI is InChI=1S/C18H29N3O4S/c1-14(19-2)13-20-18(22)15-8-9-16(25-3)17(12-15)26(23,24)21-10-6-4-5-7-11-21/h8-9,12,14,19H,4-7,10-11,13H2,1-3H3,(H,20,22). The predicted octanol–water partition coefficient (Wildman–Crippen LogP) is 1.60. The average molecular weight is 384 g/mol. The summed E-state index contributed by atoms with van der Waals surface area (Å²) in [5.41, 5.74) is 0.308. The Morgan fingerprint density at radius 2 is 1.88 bits per heavy atom. The fourth-order valence-electron chi connectivity index (χ4n) is 2.89. The van der Waals surface area contributed by atoms with Crippen LogP contribution in [0, 0.1) is 0 Å². The smallest absolute Gasteiger partial charge is 0.251 e. The lowest BCUT2D eigenvalue weighted by atomic mass is 10.2. The molecule has 1 unspecified atom stereocenters. The molecular formula is C18H29N3O4S. The molecule has 26 heavy (non-hydrogen) atoms. The van der Waals surface area contributed by atoms with E-state index in [0.29, 0.717) is 25.2 Å². The fraction of sp³-hybridized carbons (Fsp3) is 0.611. The first kappa shape index (κ1) is 20.7. The molecule has 1 amide bonds. The predicted molar refractivity (Wildman–Crippen MR) is 101 cm³/mol. The van der Waals surface area contributed by atoms with E-state index in [1.54, 1.807) is 12.1 Å². The maximum absolute atomic E-state index is 13.1. The molecule has 2 N–H and O–H groups in total. The normalized spacial score (nSPS) is 17.3. The van der Waals surface area contributed by atoms with Crippen molar-refractivity contribution in [3.8, 4) is 5.75 Å². The summed E-state index contributed by atoms with van der Waals surface area (Å²) in [6.07, 6.45) is 3.78. The number of methoxy groups -OCH3 is 1. The van der Waals surface area contributed by atoms with Crippen molar-refractivity contribution in [2.24, 2.45) is 0 Å². The van der Waals surface area contributed by atoms with Crippen LogP contribution in [0.3, 0.4) is 0 Å². The number of ether oxygens (including phenoxy) is 1. The van der Waals surface area contributed by atoms with Gasteiger partial charge in [0.2, 0.25) is 10.0 Å². The number of nitrogens with zero attached hydrogens (tertiary/aromatic N) is 1. The second kappa shape index (κ2) is 9.34. The van der Waals surface area contributed by atoms with Crippen molar-refractivity contribution in [1.82, 2.24) is 14.9 Å². The zero-order chi connectivity index (χ0) is 19.2. The van der Waals surface area contributed by atoms with Crippen LogP contribution in [-0.4, -0.2) is 58.5 Å². The van der Waals surface area contributed by atoms with E-state index in [1.807, 2.05) is 14.0 Å². The Kier molecular flexibility index (Phi) is 7.43. The number of amides is 1. The molecule has 0 bridgehead atoms. The van der Waals surface area contributed by atoms with Gasteiger partial charge < -0.3 is 15.4 Å². The van der Waals surface area contributed by atoms with Gasteiger partial charge in [0, 0.05) is 31.2 Å². The third kappa shape index (κ3) is 4.96. The van der Waals surface area contributed by atoms with Gasteiger partial charge in [-0.15, -0.1) is 0 Å². The molecule has 1 heterocycles. The highest BCUT2D eigenvalue weighted by Crippen LogP contribution is 2.29. The van der Waals surface area contributed by atoms with Crippen molar-refractivity contribution in [3.63, 3.8) is 0 Å². The number of carbonyl (C=O) groups excluding carboxylic acids is 1. The average Bonchev–Trinajstić information content (AvgIpc) is 2.95. The Morgan fingerprint density at radius 3 is 2.46 bits per heavy atom. The second-order valence-corrected chi connectivity index (χ2v) is 8.49. The molecule has 1 aromatic carbocycles. The maximum Gasteiger partial charge on any atom is 0.251 e. The summed E-state index contributed by atoms with van der Waals surface area (Å²) in [4.78, 5) is 12.4. The van der Waals surface area contributed by atoms with Crippen LogP contribution in [0.25, 0.3) is 0 Å². The molecule has 0 saturated carbocycles. The lowest BCUT2D eigenvalue weighted by molar-refractivity contribution is 0.0950. The van der Waals surface area contributed by atoms with Crippen LogP contribution in [-0.2, 0) is 10.0 Å². The van der Waals surface area contributed by atoms with Gasteiger partial charge in [-0.3, -0.25) is 4.79 Å². The molecule has 1 aliphatic rings. The van der Waals surface area contributed by atoms with Crippen molar-refractivity contribution < 1.29 is 17.9 Å². The van der Waals surface area contributed by atoms with E-state index < -0.39 is 10.0 Å². The highest BCUT2D eigenvalue weighted by molar-refractivity contribution is 7.89. The van der Waals surface area contributed by atoms with Gasteiger partial charge in [0.05, 0.1) is 7.11 Å². The zero-order valence-corrected chi connectivity index (χ0v) is 16.6. The van der Waals surface area contributed by atoms with Crippen LogP contribution < -0.4 is 15.4 Å². The van der Waals surface area contributed by atoms with Crippen molar-refractivity contribution in [2.45, 2.75) is 43.5 Å². The zero-order valence-electron chi connectivity index (χ0n) is 15.7. The number of hydrogen-bond donors (Lipinski definition) is 2. The number of carbonyl (C=O) groups is 1. The Morgan fingerprint density at radius 1 is 1.23 bits per heavy atom. The summed E-state index contributed by atoms with van der Waals surface area (Å²) in [7, 11) is -0.453. The largest absolute Gasteiger partial charge is 0.495 e. The molecule has 1 fully saturated rings. The minimum atomic E-state index is -3.70. The Hall–Kier alpha value is -1.64. The minimum absolute atomic E-state index is 0.0521. The molecule has 146 valence electrons. The van der Waals surface area contributed by atoms with Crippen LogP contribution in [0.1, 0.15) is 43.0 Å². The van der Waals surface area contributed by atoms with E-state index in [1.165, 1.54) is 17.5 Å². The van der Waals surface area contributed by atoms with Gasteiger partial charge >= 0.3 is 0 Å². The van der Waals surface area contributed by atoms with Crippen LogP contribution >= 0.6 is 0 Å². The number of benzene rings is 1. The molecule has 0 radical (unpaired) electrons. The Labute approximate surface area is 156 Å². The summed E-state index contributed by atoms with van der Waals surface area (Å²) < 4.78 is 33.0. The van der Waals surface area contributed by atoms with Gasteiger partial charge in [-0.25, -0.2) is 8.42 Å². The minimum Gasteiger partial charge on any atom is -0.495 e. The first-order valence-corrected chi connectivity index (χ1v) is 10.5. The van der Waals surface area contributed by atoms with Crippen molar-refractivity contribution in [2.75, 3.05) is 33.8 Å². The Bertz CT molecular complexity index is 713. The molecule has 0 spiro atoms. The summed E-state index contributed by atoms with van der Waals surface area (Å²) in [6.45, 7) is 3.41. The van der Waals surface area contributed by atoms with E-state index in [4.69, 9.17) is 4.74 Å². The molecule has 7 nitrogen and oxygen atoms in total. The van der Waals surface area contributed by atoms with E-state index in [-0.39, 0.29) is 22.6 Å². The molecular weight excluding hydrogens is 354 g/mol. The SMILES string of the molecule is CNC(C)CNC(=O)c1ccc(OC)c(S(=O)(=O)N2CCCCCC2)c1. The molecule has 8 heteroatoms. The number of hydrogen-bond acceptors (Lipinski definition) is 5. The van der Waals surface area contributed by atoms with E-state index in [9.17, 15) is 13.2 Å². The van der Waals surface area contributed by atoms with Gasteiger partial charge in [0.15, 0.2) is 0 Å². The number of sulfonamides is 1. The van der Waals surface area contributed by atoms with Crippen LogP contribution in [0.4, 0.5) is 0 Å². The van der Waals surface area contributed by atoms with Gasteiger partial charge in [-0.2, -0.15) is 4.31 Å². The van der Waals surface area contributed by atoms with Crippen LogP contribution in [0.5, 0.6) is 5.75 Å². The number of likely N-dealkylation sites (N-methyl/N-ethyl adjacent to an activating group) is 1. The lowest BCUT2D eigenvalue weighted by Crippen LogP contribution is -2.37. The molecule has 1 aliphatic heterocycles. The van der Waals surface area contributed by atoms with Crippen molar-refractivity contribution in [3.05, 3.63) is 23.8 Å². The molecule has 0 aliphatic carbocycles. The second-order valence-electron chi connectivity index (χ2n) is 6.58. The van der Waals surface area contributed by atoms with E-state index >= 15 is 0 Å². The molecule has 2 rings (SSSR count). The summed E-state index contributed by atoms with van der Waals surface area (Å²) in [6, 6.07) is 4.66. The number of rotatable bonds is 7. The highest BCUT2D eigenvalue weighted by atomic mass is 32.2. The third-order valence-electron chi connectivity index (χ3n) is 4.67. The van der Waals surface area contributed by atoms with Gasteiger partial charge in [-0.05, 0) is 45.0 Å². The molecule has 0 aromatic heterocycles. The van der Waals surface area contributed by atoms with Gasteiger partial charge in [-0.1, -0.05) is 12.8 Å². The third-order valence-corrected chi connectivity index (χ3v) is 6.59. The highest BCUT2D eigenvalue weighted by Gasteiger charge is 2.29. The van der Waals surface area contributed by atoms with Crippen molar-refractivity contribution >= 4 is 15.9 Å². The van der Waals surface area contributed by atoms with Gasteiger partial charge in [0.1, 0.15) is 10.6 Å². The summed E-state index contributed by atoms with van der Waals surface area (Å²) >= 11 is 0. The van der Waals surface area contributed by atoms with Crippen LogP contribution in [0.2, 0.25) is 0 Å². The maximum atomic E-state index is 13.1. The van der Waals surface area contributed by atoms with E-state index in [0.717, 1.165) is 25.7 Å². The van der Waals surface area contributed by atoms with Gasteiger partial charge in [0.25, 0.3) is 5.91 Å². The molecule has 1 aromatic rings. The first-order chi connectivity index (χ1) is 12.4. The monoisotopic (exact) mass is 383 g/mol. The Balaban J connectivity index is 2.29. The quantitative estimate of drug-likeness (QED) is 0.747. The first-order valence-electron chi connectivity index (χ1n) is 9.03. The fourth-order valence-corrected chi connectivity index (χ4v) is 4.59. The topological polar surface area (TPSA) is 87.7 Å². The lowest BCUT2D eigenvalue weighted by Gasteiger charge is -2.21. The van der Waals surface area contributed by atoms with Crippen LogP contribution in [0.15, 0.2) is 23.1 Å². The number of nitrogens with one attached hydrogen (secondary N) is 2. The summed E-state index contributed by atoms with van der Waals surface area (Å²) in [5, 5.41) is 5.84.